The van der Waals surface area contributed by atoms with E-state index in [1.54, 1.807) is 18.5 Å². The molecule has 3 rings (SSSR count). The van der Waals surface area contributed by atoms with Gasteiger partial charge in [-0.1, -0.05) is 0 Å². The van der Waals surface area contributed by atoms with Gasteiger partial charge in [0.15, 0.2) is 0 Å². The van der Waals surface area contributed by atoms with Crippen LogP contribution in [0.5, 0.6) is 0 Å². The summed E-state index contributed by atoms with van der Waals surface area (Å²) < 4.78 is 5.59. The molecule has 1 N–H and O–H groups in total. The Hall–Kier alpha value is -2.31. The Kier molecular flexibility index (Phi) is 5.87. The molecule has 2 aliphatic heterocycles. The lowest BCUT2D eigenvalue weighted by Gasteiger charge is -2.42. The Bertz CT molecular complexity index is 659. The highest BCUT2D eigenvalue weighted by Gasteiger charge is 2.41. The molecule has 7 heteroatoms. The number of nitrogens with zero attached hydrogens (tertiary/aromatic N) is 3. The van der Waals surface area contributed by atoms with Crippen LogP contribution in [-0.2, 0) is 4.74 Å². The fourth-order valence-electron chi connectivity index (χ4n) is 3.98. The van der Waals surface area contributed by atoms with Crippen molar-refractivity contribution in [3.05, 3.63) is 24.5 Å². The third-order valence-corrected chi connectivity index (χ3v) is 5.09. The number of pyridine rings is 1. The first-order valence-corrected chi connectivity index (χ1v) is 9.82. The molecular weight excluding hydrogens is 344 g/mol. The van der Waals surface area contributed by atoms with Crippen LogP contribution < -0.4 is 5.32 Å². The molecule has 2 aliphatic rings. The number of urea groups is 1. The Balaban J connectivity index is 1.72. The van der Waals surface area contributed by atoms with Crippen molar-refractivity contribution >= 4 is 17.8 Å². The lowest BCUT2D eigenvalue weighted by Crippen LogP contribution is -2.56. The predicted molar refractivity (Wildman–Crippen MR) is 104 cm³/mol. The molecule has 0 spiro atoms. The molecule has 0 radical (unpaired) electrons. The number of rotatable bonds is 2. The summed E-state index contributed by atoms with van der Waals surface area (Å²) in [6, 6.07) is 3.53. The average molecular weight is 374 g/mol. The van der Waals surface area contributed by atoms with E-state index >= 15 is 0 Å². The van der Waals surface area contributed by atoms with E-state index in [9.17, 15) is 9.59 Å². The van der Waals surface area contributed by atoms with Crippen LogP contribution in [0.4, 0.5) is 15.3 Å². The number of amides is 3. The second-order valence-corrected chi connectivity index (χ2v) is 8.31. The summed E-state index contributed by atoms with van der Waals surface area (Å²) in [4.78, 5) is 33.3. The molecule has 0 bridgehead atoms. The first kappa shape index (κ1) is 19.5. The molecular formula is C20H30N4O3. The fraction of sp³-hybridized carbons (Fsp3) is 0.650. The van der Waals surface area contributed by atoms with Gasteiger partial charge in [0.2, 0.25) is 0 Å². The van der Waals surface area contributed by atoms with E-state index in [1.165, 1.54) is 0 Å². The fourth-order valence-corrected chi connectivity index (χ4v) is 3.98. The van der Waals surface area contributed by atoms with Crippen molar-refractivity contribution in [2.45, 2.75) is 70.6 Å². The summed E-state index contributed by atoms with van der Waals surface area (Å²) in [6.45, 7) is 7.03. The van der Waals surface area contributed by atoms with E-state index in [4.69, 9.17) is 4.74 Å². The maximum atomic E-state index is 12.9. The van der Waals surface area contributed by atoms with Gasteiger partial charge in [0.05, 0.1) is 24.0 Å². The van der Waals surface area contributed by atoms with Crippen molar-refractivity contribution in [2.24, 2.45) is 0 Å². The molecule has 2 fully saturated rings. The highest BCUT2D eigenvalue weighted by atomic mass is 16.6. The monoisotopic (exact) mass is 374 g/mol. The van der Waals surface area contributed by atoms with Crippen LogP contribution in [0.3, 0.4) is 0 Å². The number of carbonyl (C=O) groups is 2. The molecule has 1 aromatic heterocycles. The van der Waals surface area contributed by atoms with Crippen LogP contribution >= 0.6 is 0 Å². The molecule has 3 amide bonds. The molecule has 2 unspecified atom stereocenters. The average Bonchev–Trinajstić information content (AvgIpc) is 3.11. The quantitative estimate of drug-likeness (QED) is 0.853. The zero-order valence-electron chi connectivity index (χ0n) is 16.5. The summed E-state index contributed by atoms with van der Waals surface area (Å²) >= 11 is 0. The zero-order chi connectivity index (χ0) is 19.4. The normalized spacial score (nSPS) is 23.2. The van der Waals surface area contributed by atoms with Crippen molar-refractivity contribution in [1.82, 2.24) is 14.8 Å². The molecule has 148 valence electrons. The number of hydrogen-bond donors (Lipinski definition) is 1. The van der Waals surface area contributed by atoms with Crippen molar-refractivity contribution in [3.63, 3.8) is 0 Å². The van der Waals surface area contributed by atoms with Crippen molar-refractivity contribution in [2.75, 3.05) is 18.4 Å². The third-order valence-electron chi connectivity index (χ3n) is 5.09. The number of likely N-dealkylation sites (tertiary alicyclic amines) is 2. The SMILES string of the molecule is CC(C)(C)OC(=O)N1CCCC1C1CCCCN1C(=O)Nc1cccnc1. The highest BCUT2D eigenvalue weighted by molar-refractivity contribution is 5.89. The predicted octanol–water partition coefficient (Wildman–Crippen LogP) is 3.87. The van der Waals surface area contributed by atoms with Crippen LogP contribution in [0.1, 0.15) is 52.9 Å². The van der Waals surface area contributed by atoms with E-state index in [2.05, 4.69) is 10.3 Å². The van der Waals surface area contributed by atoms with Crippen molar-refractivity contribution in [3.8, 4) is 0 Å². The standard InChI is InChI=1S/C20H30N4O3/c1-20(2,3)27-19(26)24-13-7-10-17(24)16-9-4-5-12-23(16)18(25)22-15-8-6-11-21-14-15/h6,8,11,14,16-17H,4-5,7,9-10,12-13H2,1-3H3,(H,22,25). The number of anilines is 1. The van der Waals surface area contributed by atoms with Gasteiger partial charge in [0.25, 0.3) is 0 Å². The molecule has 0 aliphatic carbocycles. The van der Waals surface area contributed by atoms with Crippen LogP contribution in [0.25, 0.3) is 0 Å². The van der Waals surface area contributed by atoms with Crippen LogP contribution in [-0.4, -0.2) is 57.7 Å². The van der Waals surface area contributed by atoms with Crippen LogP contribution in [0.2, 0.25) is 0 Å². The first-order valence-electron chi connectivity index (χ1n) is 9.82. The summed E-state index contributed by atoms with van der Waals surface area (Å²) in [7, 11) is 0. The first-order chi connectivity index (χ1) is 12.8. The van der Waals surface area contributed by atoms with E-state index in [0.29, 0.717) is 18.8 Å². The Morgan fingerprint density at radius 3 is 2.52 bits per heavy atom. The summed E-state index contributed by atoms with van der Waals surface area (Å²) in [5.74, 6) is 0. The van der Waals surface area contributed by atoms with Gasteiger partial charge in [0.1, 0.15) is 5.60 Å². The second-order valence-electron chi connectivity index (χ2n) is 8.31. The molecule has 1 aromatic rings. The van der Waals surface area contributed by atoms with Gasteiger partial charge in [0, 0.05) is 19.3 Å². The molecule has 0 saturated carbocycles. The van der Waals surface area contributed by atoms with Gasteiger partial charge in [-0.3, -0.25) is 4.98 Å². The molecule has 27 heavy (non-hydrogen) atoms. The van der Waals surface area contributed by atoms with E-state index in [1.807, 2.05) is 36.6 Å². The summed E-state index contributed by atoms with van der Waals surface area (Å²) in [6.07, 6.45) is 7.85. The van der Waals surface area contributed by atoms with Gasteiger partial charge in [-0.25, -0.2) is 9.59 Å². The minimum atomic E-state index is -0.520. The number of carbonyl (C=O) groups excluding carboxylic acids is 2. The molecule has 7 nitrogen and oxygen atoms in total. The number of aromatic nitrogens is 1. The van der Waals surface area contributed by atoms with Crippen molar-refractivity contribution in [1.29, 1.82) is 0 Å². The number of hydrogen-bond acceptors (Lipinski definition) is 4. The Labute approximate surface area is 161 Å². The molecule has 2 saturated heterocycles. The minimum absolute atomic E-state index is 0.0137. The second kappa shape index (κ2) is 8.15. The largest absolute Gasteiger partial charge is 0.444 e. The maximum Gasteiger partial charge on any atom is 0.410 e. The van der Waals surface area contributed by atoms with Gasteiger partial charge < -0.3 is 19.9 Å². The summed E-state index contributed by atoms with van der Waals surface area (Å²) in [5.41, 5.74) is 0.163. The van der Waals surface area contributed by atoms with Crippen LogP contribution in [0.15, 0.2) is 24.5 Å². The number of ether oxygens (including phenoxy) is 1. The zero-order valence-corrected chi connectivity index (χ0v) is 16.5. The highest BCUT2D eigenvalue weighted by Crippen LogP contribution is 2.31. The van der Waals surface area contributed by atoms with Gasteiger partial charge in [-0.05, 0) is 65.0 Å². The molecule has 2 atom stereocenters. The Morgan fingerprint density at radius 1 is 1.11 bits per heavy atom. The van der Waals surface area contributed by atoms with Gasteiger partial charge in [-0.15, -0.1) is 0 Å². The number of nitrogens with one attached hydrogen (secondary N) is 1. The van der Waals surface area contributed by atoms with E-state index in [-0.39, 0.29) is 24.2 Å². The topological polar surface area (TPSA) is 74.8 Å². The summed E-state index contributed by atoms with van der Waals surface area (Å²) in [5, 5.41) is 2.94. The Morgan fingerprint density at radius 2 is 1.81 bits per heavy atom. The van der Waals surface area contributed by atoms with Crippen LogP contribution in [0, 0.1) is 0 Å². The van der Waals surface area contributed by atoms with Gasteiger partial charge in [-0.2, -0.15) is 0 Å². The lowest BCUT2D eigenvalue weighted by molar-refractivity contribution is 0.0121. The molecule has 0 aromatic carbocycles. The van der Waals surface area contributed by atoms with Crippen molar-refractivity contribution < 1.29 is 14.3 Å². The smallest absolute Gasteiger partial charge is 0.410 e. The maximum absolute atomic E-state index is 12.9. The minimum Gasteiger partial charge on any atom is -0.444 e. The lowest BCUT2D eigenvalue weighted by atomic mass is 9.94. The third kappa shape index (κ3) is 4.90. The molecule has 3 heterocycles. The van der Waals surface area contributed by atoms with Gasteiger partial charge >= 0.3 is 12.1 Å². The number of piperidine rings is 1. The van der Waals surface area contributed by atoms with E-state index < -0.39 is 5.60 Å². The van der Waals surface area contributed by atoms with E-state index in [0.717, 1.165) is 32.1 Å².